The van der Waals surface area contributed by atoms with Crippen LogP contribution in [-0.4, -0.2) is 67.0 Å². The number of aliphatic imine (C=N–C) groups is 1. The lowest BCUT2D eigenvalue weighted by Gasteiger charge is -2.13. The summed E-state index contributed by atoms with van der Waals surface area (Å²) in [5.41, 5.74) is 0. The van der Waals surface area contributed by atoms with Crippen molar-refractivity contribution in [2.75, 3.05) is 46.5 Å². The van der Waals surface area contributed by atoms with Crippen molar-refractivity contribution in [3.8, 4) is 0 Å². The van der Waals surface area contributed by atoms with E-state index >= 15 is 0 Å². The third-order valence-corrected chi connectivity index (χ3v) is 6.79. The summed E-state index contributed by atoms with van der Waals surface area (Å²) in [6.45, 7) is 3.50. The number of hydrogen-bond acceptors (Lipinski definition) is 6. The third kappa shape index (κ3) is 9.24. The van der Waals surface area contributed by atoms with Gasteiger partial charge in [0.1, 0.15) is 4.21 Å². The first kappa shape index (κ1) is 24.9. The molecule has 1 aliphatic heterocycles. The van der Waals surface area contributed by atoms with E-state index < -0.39 is 10.0 Å². The van der Waals surface area contributed by atoms with Crippen LogP contribution in [0.3, 0.4) is 0 Å². The highest BCUT2D eigenvalue weighted by Crippen LogP contribution is 2.25. The average Bonchev–Trinajstić information content (AvgIpc) is 3.28. The quantitative estimate of drug-likeness (QED) is 0.177. The van der Waals surface area contributed by atoms with Gasteiger partial charge in [0.05, 0.1) is 17.0 Å². The minimum atomic E-state index is -3.52. The van der Waals surface area contributed by atoms with Crippen LogP contribution in [-0.2, 0) is 19.5 Å². The van der Waals surface area contributed by atoms with Gasteiger partial charge in [0.15, 0.2) is 5.96 Å². The van der Waals surface area contributed by atoms with Crippen LogP contribution < -0.4 is 15.4 Å². The van der Waals surface area contributed by atoms with Gasteiger partial charge in [-0.1, -0.05) is 11.6 Å². The highest BCUT2D eigenvalue weighted by molar-refractivity contribution is 14.0. The molecule has 1 saturated heterocycles. The van der Waals surface area contributed by atoms with E-state index in [-0.39, 0.29) is 40.8 Å². The van der Waals surface area contributed by atoms with Gasteiger partial charge in [-0.2, -0.15) is 0 Å². The number of rotatable bonds is 10. The highest BCUT2D eigenvalue weighted by Gasteiger charge is 2.16. The highest BCUT2D eigenvalue weighted by atomic mass is 127. The molecule has 0 bridgehead atoms. The summed E-state index contributed by atoms with van der Waals surface area (Å²) in [7, 11) is -1.85. The molecule has 0 radical (unpaired) electrons. The third-order valence-electron chi connectivity index (χ3n) is 3.60. The van der Waals surface area contributed by atoms with Crippen LogP contribution in [0.25, 0.3) is 0 Å². The number of nitrogens with one attached hydrogen (secondary N) is 3. The second-order valence-corrected chi connectivity index (χ2v) is 9.30. The molecule has 1 aromatic rings. The summed E-state index contributed by atoms with van der Waals surface area (Å²) >= 11 is 6.80. The molecule has 0 saturated carbocycles. The molecule has 1 aliphatic rings. The van der Waals surface area contributed by atoms with Gasteiger partial charge in [-0.15, -0.1) is 35.3 Å². The van der Waals surface area contributed by atoms with Crippen molar-refractivity contribution in [1.82, 2.24) is 15.4 Å². The lowest BCUT2D eigenvalue weighted by molar-refractivity contribution is 0.0420. The molecule has 2 rings (SSSR count). The maximum Gasteiger partial charge on any atom is 0.250 e. The zero-order valence-corrected chi connectivity index (χ0v) is 19.8. The van der Waals surface area contributed by atoms with E-state index in [1.165, 1.54) is 6.07 Å². The van der Waals surface area contributed by atoms with Crippen molar-refractivity contribution in [3.05, 3.63) is 16.5 Å². The lowest BCUT2D eigenvalue weighted by Crippen LogP contribution is -2.41. The molecule has 27 heavy (non-hydrogen) atoms. The van der Waals surface area contributed by atoms with E-state index in [1.54, 1.807) is 13.1 Å². The molecule has 1 atom stereocenters. The van der Waals surface area contributed by atoms with E-state index in [0.717, 1.165) is 30.8 Å². The first-order chi connectivity index (χ1) is 12.5. The first-order valence-electron chi connectivity index (χ1n) is 8.40. The number of halogens is 2. The largest absolute Gasteiger partial charge is 0.379 e. The molecule has 0 aliphatic carbocycles. The molecule has 1 unspecified atom stereocenters. The van der Waals surface area contributed by atoms with Crippen LogP contribution in [0.5, 0.6) is 0 Å². The molecule has 2 heterocycles. The average molecular weight is 553 g/mol. The molecular weight excluding hydrogens is 527 g/mol. The van der Waals surface area contributed by atoms with Crippen molar-refractivity contribution in [3.63, 3.8) is 0 Å². The predicted octanol–water partition coefficient (Wildman–Crippen LogP) is 1.66. The summed E-state index contributed by atoms with van der Waals surface area (Å²) in [6.07, 6.45) is 2.03. The molecule has 156 valence electrons. The Morgan fingerprint density at radius 3 is 2.78 bits per heavy atom. The SMILES string of the molecule is CN=C(NCCCOC1CCOC1)NCCNS(=O)(=O)c1ccc(Cl)s1.I. The fraction of sp³-hybridized carbons (Fsp3) is 0.667. The van der Waals surface area contributed by atoms with Gasteiger partial charge in [-0.05, 0) is 25.0 Å². The Balaban J connectivity index is 0.00000364. The van der Waals surface area contributed by atoms with E-state index in [4.69, 9.17) is 21.1 Å². The first-order valence-corrected chi connectivity index (χ1v) is 11.1. The van der Waals surface area contributed by atoms with Gasteiger partial charge in [0.2, 0.25) is 10.0 Å². The maximum atomic E-state index is 12.1. The van der Waals surface area contributed by atoms with Crippen molar-refractivity contribution in [2.45, 2.75) is 23.2 Å². The molecule has 3 N–H and O–H groups in total. The molecule has 0 aromatic carbocycles. The number of thiophene rings is 1. The van der Waals surface area contributed by atoms with E-state index in [1.807, 2.05) is 0 Å². The molecule has 1 aromatic heterocycles. The van der Waals surface area contributed by atoms with E-state index in [0.29, 0.717) is 36.6 Å². The number of hydrogen-bond donors (Lipinski definition) is 3. The minimum absolute atomic E-state index is 0. The van der Waals surface area contributed by atoms with Crippen molar-refractivity contribution >= 4 is 62.9 Å². The normalized spacial score (nSPS) is 17.6. The molecule has 8 nitrogen and oxygen atoms in total. The molecule has 12 heteroatoms. The molecule has 0 spiro atoms. The Hall–Kier alpha value is -0.180. The van der Waals surface area contributed by atoms with Gasteiger partial charge in [0, 0.05) is 39.9 Å². The Morgan fingerprint density at radius 2 is 2.15 bits per heavy atom. The second kappa shape index (κ2) is 13.1. The second-order valence-electron chi connectivity index (χ2n) is 5.59. The molecular formula is C15H26ClIN4O4S2. The van der Waals surface area contributed by atoms with Gasteiger partial charge in [-0.3, -0.25) is 4.99 Å². The maximum absolute atomic E-state index is 12.1. The van der Waals surface area contributed by atoms with Crippen molar-refractivity contribution in [1.29, 1.82) is 0 Å². The van der Waals surface area contributed by atoms with Crippen LogP contribution in [0.4, 0.5) is 0 Å². The van der Waals surface area contributed by atoms with E-state index in [9.17, 15) is 8.42 Å². The number of nitrogens with zero attached hydrogens (tertiary/aromatic N) is 1. The Bertz CT molecular complexity index is 681. The predicted molar refractivity (Wildman–Crippen MR) is 119 cm³/mol. The topological polar surface area (TPSA) is 101 Å². The summed E-state index contributed by atoms with van der Waals surface area (Å²) in [4.78, 5) is 4.10. The number of guanidine groups is 1. The number of sulfonamides is 1. The van der Waals surface area contributed by atoms with Crippen LogP contribution in [0.2, 0.25) is 4.34 Å². The molecule has 0 amide bonds. The minimum Gasteiger partial charge on any atom is -0.379 e. The fourth-order valence-electron chi connectivity index (χ4n) is 2.27. The Labute approximate surface area is 186 Å². The smallest absolute Gasteiger partial charge is 0.250 e. The van der Waals surface area contributed by atoms with Gasteiger partial charge < -0.3 is 20.1 Å². The standard InChI is InChI=1S/C15H25ClN4O4S2.HI/c1-17-15(18-6-2-9-24-12-5-10-23-11-12)19-7-8-20-26(21,22)14-4-3-13(16)25-14;/h3-4,12,20H,2,5-11H2,1H3,(H2,17,18,19);1H. The summed E-state index contributed by atoms with van der Waals surface area (Å²) in [5.74, 6) is 0.618. The van der Waals surface area contributed by atoms with Crippen LogP contribution in [0.15, 0.2) is 21.3 Å². The Morgan fingerprint density at radius 1 is 1.37 bits per heavy atom. The lowest BCUT2D eigenvalue weighted by atomic mass is 10.3. The van der Waals surface area contributed by atoms with Crippen LogP contribution in [0.1, 0.15) is 12.8 Å². The fourth-order valence-corrected chi connectivity index (χ4v) is 4.83. The van der Waals surface area contributed by atoms with Crippen LogP contribution in [0, 0.1) is 0 Å². The summed E-state index contributed by atoms with van der Waals surface area (Å²) in [6, 6.07) is 3.05. The van der Waals surface area contributed by atoms with Crippen LogP contribution >= 0.6 is 46.9 Å². The summed E-state index contributed by atoms with van der Waals surface area (Å²) < 4.78 is 38.2. The van der Waals surface area contributed by atoms with E-state index in [2.05, 4.69) is 20.3 Å². The van der Waals surface area contributed by atoms with Crippen molar-refractivity contribution < 1.29 is 17.9 Å². The Kier molecular flexibility index (Phi) is 12.1. The summed E-state index contributed by atoms with van der Waals surface area (Å²) in [5, 5.41) is 6.22. The van der Waals surface area contributed by atoms with Crippen molar-refractivity contribution in [2.24, 2.45) is 4.99 Å². The molecule has 1 fully saturated rings. The monoisotopic (exact) mass is 552 g/mol. The van der Waals surface area contributed by atoms with Gasteiger partial charge in [-0.25, -0.2) is 13.1 Å². The van der Waals surface area contributed by atoms with Gasteiger partial charge >= 0.3 is 0 Å². The zero-order chi connectivity index (χ0) is 18.8. The van der Waals surface area contributed by atoms with Gasteiger partial charge in [0.25, 0.3) is 0 Å². The zero-order valence-electron chi connectivity index (χ0n) is 15.1. The number of ether oxygens (including phenoxy) is 2.